The van der Waals surface area contributed by atoms with Crippen LogP contribution in [0.3, 0.4) is 0 Å². The van der Waals surface area contributed by atoms with Gasteiger partial charge in [-0.1, -0.05) is 30.3 Å². The van der Waals surface area contributed by atoms with Crippen LogP contribution in [0.25, 0.3) is 0 Å². The molecule has 0 spiro atoms. The van der Waals surface area contributed by atoms with Gasteiger partial charge in [-0.15, -0.1) is 0 Å². The number of carbonyl (C=O) groups is 2. The summed E-state index contributed by atoms with van der Waals surface area (Å²) in [5.41, 5.74) is 0.732. The maximum atomic E-state index is 11.7. The Morgan fingerprint density at radius 2 is 1.94 bits per heavy atom. The summed E-state index contributed by atoms with van der Waals surface area (Å²) in [6.45, 7) is 0. The second-order valence-corrected chi connectivity index (χ2v) is 3.63. The second-order valence-electron chi connectivity index (χ2n) is 3.63. The molecule has 2 aromatic rings. The number of benzene rings is 1. The van der Waals surface area contributed by atoms with E-state index in [0.717, 1.165) is 0 Å². The molecule has 0 bridgehead atoms. The first kappa shape index (κ1) is 11.8. The molecule has 0 fully saturated rings. The molecule has 0 aliphatic rings. The average Bonchev–Trinajstić information content (AvgIpc) is 2.90. The molecule has 0 radical (unpaired) electrons. The third-order valence-electron chi connectivity index (χ3n) is 2.40. The molecule has 6 nitrogen and oxygen atoms in total. The van der Waals surface area contributed by atoms with E-state index in [-0.39, 0.29) is 5.69 Å². The van der Waals surface area contributed by atoms with Crippen LogP contribution >= 0.6 is 0 Å². The molecular formula is C12H11N3O3. The molecule has 1 aromatic carbocycles. The van der Waals surface area contributed by atoms with E-state index < -0.39 is 17.9 Å². The normalized spacial score (nSPS) is 11.8. The van der Waals surface area contributed by atoms with E-state index >= 15 is 0 Å². The Labute approximate surface area is 103 Å². The highest BCUT2D eigenvalue weighted by Gasteiger charge is 2.22. The first-order chi connectivity index (χ1) is 8.68. The summed E-state index contributed by atoms with van der Waals surface area (Å²) in [6, 6.07) is 8.89. The number of carboxylic acid groups (broad SMARTS) is 1. The Hall–Kier alpha value is -2.63. The number of carboxylic acids is 1. The van der Waals surface area contributed by atoms with E-state index in [9.17, 15) is 9.59 Å². The smallest absolute Gasteiger partial charge is 0.330 e. The van der Waals surface area contributed by atoms with E-state index in [2.05, 4.69) is 15.5 Å². The number of rotatable bonds is 4. The van der Waals surface area contributed by atoms with Crippen LogP contribution < -0.4 is 5.32 Å². The number of carbonyl (C=O) groups excluding carboxylic acids is 1. The van der Waals surface area contributed by atoms with E-state index in [1.807, 2.05) is 0 Å². The first-order valence-electron chi connectivity index (χ1n) is 5.26. The zero-order valence-corrected chi connectivity index (χ0v) is 9.33. The number of aromatic nitrogens is 2. The molecule has 1 atom stereocenters. The highest BCUT2D eigenvalue weighted by molar-refractivity contribution is 5.95. The van der Waals surface area contributed by atoms with Crippen molar-refractivity contribution in [1.82, 2.24) is 15.5 Å². The lowest BCUT2D eigenvalue weighted by molar-refractivity contribution is -0.139. The van der Waals surface area contributed by atoms with E-state index in [1.165, 1.54) is 12.3 Å². The molecule has 1 unspecified atom stereocenters. The van der Waals surface area contributed by atoms with Crippen molar-refractivity contribution in [3.8, 4) is 0 Å². The first-order valence-corrected chi connectivity index (χ1v) is 5.26. The van der Waals surface area contributed by atoms with Gasteiger partial charge < -0.3 is 10.4 Å². The van der Waals surface area contributed by atoms with Crippen molar-refractivity contribution in [3.05, 3.63) is 53.9 Å². The van der Waals surface area contributed by atoms with Crippen LogP contribution in [0, 0.1) is 0 Å². The molecule has 1 heterocycles. The number of amides is 1. The number of aliphatic carboxylic acids is 1. The van der Waals surface area contributed by atoms with Gasteiger partial charge in [0.1, 0.15) is 5.69 Å². The number of nitrogens with zero attached hydrogens (tertiary/aromatic N) is 1. The fourth-order valence-corrected chi connectivity index (χ4v) is 1.52. The minimum absolute atomic E-state index is 0.220. The zero-order valence-electron chi connectivity index (χ0n) is 9.33. The number of nitrogens with one attached hydrogen (secondary N) is 2. The fraction of sp³-hybridized carbons (Fsp3) is 0.0833. The third kappa shape index (κ3) is 2.54. The lowest BCUT2D eigenvalue weighted by Gasteiger charge is -2.13. The predicted molar refractivity (Wildman–Crippen MR) is 62.9 cm³/mol. The summed E-state index contributed by atoms with van der Waals surface area (Å²) >= 11 is 0. The van der Waals surface area contributed by atoms with Gasteiger partial charge in [0.05, 0.1) is 0 Å². The Balaban J connectivity index is 2.18. The quantitative estimate of drug-likeness (QED) is 0.747. The molecule has 92 valence electrons. The Kier molecular flexibility index (Phi) is 3.38. The molecule has 6 heteroatoms. The van der Waals surface area contributed by atoms with Gasteiger partial charge in [0.25, 0.3) is 5.91 Å². The van der Waals surface area contributed by atoms with Gasteiger partial charge in [-0.25, -0.2) is 4.79 Å². The minimum Gasteiger partial charge on any atom is -0.479 e. The third-order valence-corrected chi connectivity index (χ3v) is 2.40. The van der Waals surface area contributed by atoms with Gasteiger partial charge in [0, 0.05) is 6.20 Å². The number of hydrogen-bond donors (Lipinski definition) is 3. The lowest BCUT2D eigenvalue weighted by Crippen LogP contribution is -2.33. The monoisotopic (exact) mass is 245 g/mol. The van der Waals surface area contributed by atoms with E-state index in [1.54, 1.807) is 30.3 Å². The van der Waals surface area contributed by atoms with Crippen molar-refractivity contribution < 1.29 is 14.7 Å². The number of aromatic amines is 1. The van der Waals surface area contributed by atoms with Crippen molar-refractivity contribution in [3.63, 3.8) is 0 Å². The molecule has 0 saturated heterocycles. The summed E-state index contributed by atoms with van der Waals surface area (Å²) in [6.07, 6.45) is 1.42. The molecular weight excluding hydrogens is 234 g/mol. The highest BCUT2D eigenvalue weighted by Crippen LogP contribution is 2.13. The van der Waals surface area contributed by atoms with Gasteiger partial charge in [0.15, 0.2) is 6.04 Å². The van der Waals surface area contributed by atoms with Crippen LogP contribution in [0.2, 0.25) is 0 Å². The number of hydrogen-bond acceptors (Lipinski definition) is 3. The maximum Gasteiger partial charge on any atom is 0.330 e. The Bertz CT molecular complexity index is 537. The number of H-pyrrole nitrogens is 1. The lowest BCUT2D eigenvalue weighted by atomic mass is 10.1. The summed E-state index contributed by atoms with van der Waals surface area (Å²) in [5, 5.41) is 17.7. The summed E-state index contributed by atoms with van der Waals surface area (Å²) in [5.74, 6) is -1.63. The maximum absolute atomic E-state index is 11.7. The zero-order chi connectivity index (χ0) is 13.0. The van der Waals surface area contributed by atoms with Crippen LogP contribution in [-0.4, -0.2) is 27.2 Å². The van der Waals surface area contributed by atoms with Crippen LogP contribution in [0.15, 0.2) is 42.6 Å². The van der Waals surface area contributed by atoms with Gasteiger partial charge in [-0.05, 0) is 11.6 Å². The standard InChI is InChI=1S/C12H11N3O3/c16-11(9-6-7-13-15-9)14-10(12(17)18)8-4-2-1-3-5-8/h1-7,10H,(H,13,15)(H,14,16)(H,17,18). The summed E-state index contributed by atoms with van der Waals surface area (Å²) in [4.78, 5) is 22.9. The van der Waals surface area contributed by atoms with Crippen molar-refractivity contribution in [2.75, 3.05) is 0 Å². The van der Waals surface area contributed by atoms with E-state index in [0.29, 0.717) is 5.56 Å². The van der Waals surface area contributed by atoms with Crippen LogP contribution in [0.1, 0.15) is 22.1 Å². The van der Waals surface area contributed by atoms with Crippen LogP contribution in [0.4, 0.5) is 0 Å². The minimum atomic E-state index is -1.12. The van der Waals surface area contributed by atoms with E-state index in [4.69, 9.17) is 5.11 Å². The van der Waals surface area contributed by atoms with Gasteiger partial charge in [0.2, 0.25) is 0 Å². The van der Waals surface area contributed by atoms with Crippen molar-refractivity contribution in [2.45, 2.75) is 6.04 Å². The summed E-state index contributed by atoms with van der Waals surface area (Å²) < 4.78 is 0. The van der Waals surface area contributed by atoms with Crippen molar-refractivity contribution in [1.29, 1.82) is 0 Å². The summed E-state index contributed by atoms with van der Waals surface area (Å²) in [7, 11) is 0. The topological polar surface area (TPSA) is 95.1 Å². The predicted octanol–water partition coefficient (Wildman–Crippen LogP) is 0.965. The average molecular weight is 245 g/mol. The van der Waals surface area contributed by atoms with Crippen molar-refractivity contribution in [2.24, 2.45) is 0 Å². The molecule has 3 N–H and O–H groups in total. The molecule has 0 saturated carbocycles. The Morgan fingerprint density at radius 1 is 1.22 bits per heavy atom. The molecule has 0 aliphatic carbocycles. The molecule has 1 amide bonds. The van der Waals surface area contributed by atoms with Crippen molar-refractivity contribution >= 4 is 11.9 Å². The molecule has 2 rings (SSSR count). The molecule has 1 aromatic heterocycles. The van der Waals surface area contributed by atoms with Crippen LogP contribution in [0.5, 0.6) is 0 Å². The fourth-order valence-electron chi connectivity index (χ4n) is 1.52. The second kappa shape index (κ2) is 5.13. The molecule has 18 heavy (non-hydrogen) atoms. The van der Waals surface area contributed by atoms with Gasteiger partial charge in [-0.3, -0.25) is 9.89 Å². The van der Waals surface area contributed by atoms with Gasteiger partial charge in [-0.2, -0.15) is 5.10 Å². The van der Waals surface area contributed by atoms with Gasteiger partial charge >= 0.3 is 5.97 Å². The van der Waals surface area contributed by atoms with Crippen LogP contribution in [-0.2, 0) is 4.79 Å². The SMILES string of the molecule is O=C(NC(C(=O)O)c1ccccc1)c1ccn[nH]1. The highest BCUT2D eigenvalue weighted by atomic mass is 16.4. The largest absolute Gasteiger partial charge is 0.479 e. The Morgan fingerprint density at radius 3 is 2.50 bits per heavy atom. The molecule has 0 aliphatic heterocycles.